The van der Waals surface area contributed by atoms with Crippen molar-refractivity contribution >= 4 is 22.9 Å². The van der Waals surface area contributed by atoms with E-state index < -0.39 is 0 Å². The number of halogens is 1. The highest BCUT2D eigenvalue weighted by Gasteiger charge is 2.17. The SMILES string of the molecule is C=C(CCC(O)CC)CC1=C(\OC)CC/C=C(c2cccc(-c3cccc(CCC/C4=N/C(C)=C\CCc5cccnc54)c3C)c2Cl)/C=C\1. The van der Waals surface area contributed by atoms with E-state index in [-0.39, 0.29) is 6.10 Å². The molecule has 0 saturated heterocycles. The number of methoxy groups -OCH3 is 1. The predicted octanol–water partition coefficient (Wildman–Crippen LogP) is 11.5. The largest absolute Gasteiger partial charge is 0.501 e. The Balaban J connectivity index is 1.34. The molecule has 1 aliphatic carbocycles. The molecule has 2 heterocycles. The zero-order valence-corrected chi connectivity index (χ0v) is 30.5. The number of rotatable bonds is 13. The minimum Gasteiger partial charge on any atom is -0.501 e. The normalized spacial score (nSPS) is 20.9. The van der Waals surface area contributed by atoms with Crippen molar-refractivity contribution < 1.29 is 9.84 Å². The molecule has 1 aliphatic heterocycles. The summed E-state index contributed by atoms with van der Waals surface area (Å²) in [7, 11) is 1.75. The van der Waals surface area contributed by atoms with Crippen LogP contribution in [0.3, 0.4) is 0 Å². The number of hydrogen-bond donors (Lipinski definition) is 1. The standard InChI is InChI=1S/C44H51ClN2O2/c1-6-37(48)27-24-30(2)29-36-26-25-34(16-10-23-42(36)49-5)39-20-11-21-40(43(39)45)38-19-8-14-33(32(38)4)15-9-22-41-44-35(18-12-28-46-44)17-7-13-31(3)47-41/h8,11-14,16,18-21,25-26,28,37,48H,2,6-7,9-10,15,17,22-24,27,29H2,1,3-5H3/b26-25-,31-13-,34-16-,42-36-,47-41-. The van der Waals surface area contributed by atoms with Gasteiger partial charge in [0.15, 0.2) is 0 Å². The summed E-state index contributed by atoms with van der Waals surface area (Å²) < 4.78 is 5.82. The molecule has 4 nitrogen and oxygen atoms in total. The van der Waals surface area contributed by atoms with Gasteiger partial charge >= 0.3 is 0 Å². The maximum absolute atomic E-state index is 10.0. The van der Waals surface area contributed by atoms with Crippen molar-refractivity contribution in [3.8, 4) is 11.1 Å². The van der Waals surface area contributed by atoms with Crippen molar-refractivity contribution in [1.29, 1.82) is 0 Å². The van der Waals surface area contributed by atoms with E-state index in [4.69, 9.17) is 26.3 Å². The van der Waals surface area contributed by atoms with Gasteiger partial charge in [-0.3, -0.25) is 9.98 Å². The molecule has 0 fully saturated rings. The van der Waals surface area contributed by atoms with Crippen molar-refractivity contribution in [2.75, 3.05) is 7.11 Å². The van der Waals surface area contributed by atoms with Gasteiger partial charge in [-0.25, -0.2) is 0 Å². The predicted molar refractivity (Wildman–Crippen MR) is 207 cm³/mol. The van der Waals surface area contributed by atoms with E-state index in [1.165, 1.54) is 22.3 Å². The molecular formula is C44H51ClN2O2. The second-order valence-corrected chi connectivity index (χ2v) is 13.7. The van der Waals surface area contributed by atoms with Gasteiger partial charge in [-0.1, -0.05) is 97.4 Å². The third-order valence-corrected chi connectivity index (χ3v) is 10.2. The molecule has 256 valence electrons. The number of allylic oxidation sites excluding steroid dienone is 9. The molecule has 3 aromatic rings. The lowest BCUT2D eigenvalue weighted by Crippen LogP contribution is -2.10. The quantitative estimate of drug-likeness (QED) is 0.184. The second kappa shape index (κ2) is 17.6. The Morgan fingerprint density at radius 1 is 0.959 bits per heavy atom. The Morgan fingerprint density at radius 3 is 2.55 bits per heavy atom. The summed E-state index contributed by atoms with van der Waals surface area (Å²) >= 11 is 7.28. The van der Waals surface area contributed by atoms with Gasteiger partial charge in [-0.15, -0.1) is 0 Å². The molecule has 2 aromatic carbocycles. The fourth-order valence-corrected chi connectivity index (χ4v) is 7.21. The maximum Gasteiger partial charge on any atom is 0.0993 e. The third-order valence-electron chi connectivity index (χ3n) is 9.78. The molecule has 2 aliphatic rings. The van der Waals surface area contributed by atoms with E-state index in [9.17, 15) is 5.11 Å². The average Bonchev–Trinajstić information content (AvgIpc) is 3.09. The van der Waals surface area contributed by atoms with E-state index in [2.05, 4.69) is 87.2 Å². The lowest BCUT2D eigenvalue weighted by molar-refractivity contribution is 0.160. The minimum atomic E-state index is -0.280. The number of benzene rings is 2. The molecule has 0 saturated carbocycles. The van der Waals surface area contributed by atoms with Crippen LogP contribution in [0.1, 0.15) is 99.6 Å². The molecule has 1 N–H and O–H groups in total. The highest BCUT2D eigenvalue weighted by Crippen LogP contribution is 2.38. The summed E-state index contributed by atoms with van der Waals surface area (Å²) in [6, 6.07) is 17.2. The van der Waals surface area contributed by atoms with Gasteiger partial charge in [0.25, 0.3) is 0 Å². The molecule has 49 heavy (non-hydrogen) atoms. The smallest absolute Gasteiger partial charge is 0.0993 e. The van der Waals surface area contributed by atoms with Crippen LogP contribution in [0.5, 0.6) is 0 Å². The summed E-state index contributed by atoms with van der Waals surface area (Å²) in [5.41, 5.74) is 13.7. The number of ether oxygens (including phenoxy) is 1. The summed E-state index contributed by atoms with van der Waals surface area (Å²) in [6.45, 7) is 10.6. The first kappa shape index (κ1) is 36.3. The van der Waals surface area contributed by atoms with Crippen LogP contribution in [0.15, 0.2) is 113 Å². The Hall–Kier alpha value is -3.99. The van der Waals surface area contributed by atoms with Crippen LogP contribution < -0.4 is 0 Å². The molecule has 0 amide bonds. The molecule has 1 atom stereocenters. The van der Waals surface area contributed by atoms with Crippen molar-refractivity contribution in [2.45, 2.75) is 97.5 Å². The first-order chi connectivity index (χ1) is 23.8. The molecule has 0 radical (unpaired) electrons. The van der Waals surface area contributed by atoms with Gasteiger partial charge in [-0.05, 0) is 118 Å². The molecule has 0 bridgehead atoms. The summed E-state index contributed by atoms with van der Waals surface area (Å²) in [4.78, 5) is 9.72. The van der Waals surface area contributed by atoms with Gasteiger partial charge in [0.05, 0.1) is 35.4 Å². The number of nitrogens with zero attached hydrogens (tertiary/aromatic N) is 2. The molecule has 1 aromatic heterocycles. The van der Waals surface area contributed by atoms with Crippen LogP contribution in [0, 0.1) is 6.92 Å². The molecule has 5 rings (SSSR count). The summed E-state index contributed by atoms with van der Waals surface area (Å²) in [6.07, 6.45) is 19.9. The summed E-state index contributed by atoms with van der Waals surface area (Å²) in [5.74, 6) is 0.990. The van der Waals surface area contributed by atoms with E-state index >= 15 is 0 Å². The van der Waals surface area contributed by atoms with Crippen molar-refractivity contribution in [3.05, 3.63) is 141 Å². The molecule has 5 heteroatoms. The van der Waals surface area contributed by atoms with Gasteiger partial charge in [-0.2, -0.15) is 0 Å². The first-order valence-electron chi connectivity index (χ1n) is 17.8. The first-order valence-corrected chi connectivity index (χ1v) is 18.2. The van der Waals surface area contributed by atoms with Crippen LogP contribution in [-0.4, -0.2) is 29.0 Å². The van der Waals surface area contributed by atoms with Crippen LogP contribution in [0.4, 0.5) is 0 Å². The number of pyridine rings is 1. The summed E-state index contributed by atoms with van der Waals surface area (Å²) in [5, 5.41) is 10.8. The number of aliphatic imine (C=N–C) groups is 1. The zero-order chi connectivity index (χ0) is 34.8. The maximum atomic E-state index is 10.0. The van der Waals surface area contributed by atoms with Crippen LogP contribution >= 0.6 is 11.6 Å². The number of hydrogen-bond acceptors (Lipinski definition) is 4. The van der Waals surface area contributed by atoms with Gasteiger partial charge in [0.2, 0.25) is 0 Å². The van der Waals surface area contributed by atoms with Gasteiger partial charge in [0, 0.05) is 29.4 Å². The highest BCUT2D eigenvalue weighted by atomic mass is 35.5. The lowest BCUT2D eigenvalue weighted by Gasteiger charge is -2.18. The number of aliphatic hydroxyl groups excluding tert-OH is 1. The fraction of sp³-hybridized carbons (Fsp3) is 0.364. The van der Waals surface area contributed by atoms with E-state index in [0.29, 0.717) is 0 Å². The number of aryl methyl sites for hydroxylation is 2. The average molecular weight is 675 g/mol. The van der Waals surface area contributed by atoms with Crippen LogP contribution in [0.25, 0.3) is 16.7 Å². The van der Waals surface area contributed by atoms with Gasteiger partial charge < -0.3 is 9.84 Å². The Labute approximate surface area is 298 Å². The van der Waals surface area contributed by atoms with Crippen molar-refractivity contribution in [3.63, 3.8) is 0 Å². The molecule has 0 spiro atoms. The highest BCUT2D eigenvalue weighted by molar-refractivity contribution is 6.35. The van der Waals surface area contributed by atoms with E-state index in [1.807, 2.05) is 19.2 Å². The lowest BCUT2D eigenvalue weighted by atomic mass is 9.90. The number of aliphatic hydroxyl groups is 1. The topological polar surface area (TPSA) is 54.7 Å². The van der Waals surface area contributed by atoms with Crippen LogP contribution in [-0.2, 0) is 17.6 Å². The molecule has 1 unspecified atom stereocenters. The van der Waals surface area contributed by atoms with Crippen LogP contribution in [0.2, 0.25) is 5.02 Å². The van der Waals surface area contributed by atoms with Crippen molar-refractivity contribution in [1.82, 2.24) is 4.98 Å². The second-order valence-electron chi connectivity index (χ2n) is 13.3. The zero-order valence-electron chi connectivity index (χ0n) is 29.7. The number of aromatic nitrogens is 1. The fourth-order valence-electron chi connectivity index (χ4n) is 6.87. The number of fused-ring (bicyclic) bond motifs is 1. The van der Waals surface area contributed by atoms with E-state index in [0.717, 1.165) is 126 Å². The van der Waals surface area contributed by atoms with Crippen molar-refractivity contribution in [2.24, 2.45) is 4.99 Å². The third kappa shape index (κ3) is 9.38. The monoisotopic (exact) mass is 674 g/mol. The Morgan fingerprint density at radius 2 is 1.73 bits per heavy atom. The van der Waals surface area contributed by atoms with Gasteiger partial charge in [0.1, 0.15) is 0 Å². The molecular weight excluding hydrogens is 624 g/mol. The minimum absolute atomic E-state index is 0.280. The Bertz CT molecular complexity index is 1810. The Kier molecular flexibility index (Phi) is 13.0. The van der Waals surface area contributed by atoms with E-state index in [1.54, 1.807) is 7.11 Å².